The Morgan fingerprint density at radius 1 is 1.36 bits per heavy atom. The molecule has 0 aromatic heterocycles. The first-order chi connectivity index (χ1) is 6.27. The van der Waals surface area contributed by atoms with Crippen molar-refractivity contribution in [2.45, 2.75) is 39.4 Å². The van der Waals surface area contributed by atoms with Crippen LogP contribution in [-0.2, 0) is 19.0 Å². The minimum absolute atomic E-state index is 0.110. The predicted molar refractivity (Wildman–Crippen MR) is 53.5 cm³/mol. The van der Waals surface area contributed by atoms with Gasteiger partial charge in [-0.1, -0.05) is 13.8 Å². The molecule has 0 N–H and O–H groups in total. The fourth-order valence-corrected chi connectivity index (χ4v) is 2.46. The topological polar surface area (TPSA) is 52.6 Å². The van der Waals surface area contributed by atoms with Gasteiger partial charge in [-0.25, -0.2) is 0 Å². The van der Waals surface area contributed by atoms with Crippen LogP contribution in [0.5, 0.6) is 0 Å². The third kappa shape index (κ3) is 2.46. The summed E-state index contributed by atoms with van der Waals surface area (Å²) in [6.45, 7) is 6.51. The predicted octanol–water partition coefficient (Wildman–Crippen LogP) is 1.17. The van der Waals surface area contributed by atoms with Crippen molar-refractivity contribution >= 4 is 10.1 Å². The highest BCUT2D eigenvalue weighted by Crippen LogP contribution is 2.45. The van der Waals surface area contributed by atoms with Gasteiger partial charge in [0.05, 0.1) is 18.5 Å². The molecule has 0 aromatic carbocycles. The summed E-state index contributed by atoms with van der Waals surface area (Å²) >= 11 is 0. The second kappa shape index (κ2) is 3.79. The number of ether oxygens (including phenoxy) is 1. The Bertz CT molecular complexity index is 294. The highest BCUT2D eigenvalue weighted by Gasteiger charge is 2.51. The Kier molecular flexibility index (Phi) is 3.23. The first-order valence-electron chi connectivity index (χ1n) is 4.77. The van der Waals surface area contributed by atoms with Crippen LogP contribution in [0.2, 0.25) is 0 Å². The maximum absolute atomic E-state index is 10.9. The molecule has 14 heavy (non-hydrogen) atoms. The van der Waals surface area contributed by atoms with Crippen LogP contribution in [0.15, 0.2) is 0 Å². The lowest BCUT2D eigenvalue weighted by Crippen LogP contribution is -2.56. The first-order valence-corrected chi connectivity index (χ1v) is 6.59. The van der Waals surface area contributed by atoms with Crippen LogP contribution >= 0.6 is 0 Å². The normalized spacial score (nSPS) is 31.1. The molecule has 1 fully saturated rings. The van der Waals surface area contributed by atoms with Gasteiger partial charge in [0.15, 0.2) is 0 Å². The zero-order valence-corrected chi connectivity index (χ0v) is 9.93. The largest absolute Gasteiger partial charge is 0.378 e. The van der Waals surface area contributed by atoms with E-state index in [1.807, 2.05) is 20.8 Å². The molecule has 1 saturated carbocycles. The van der Waals surface area contributed by atoms with Gasteiger partial charge in [-0.2, -0.15) is 8.42 Å². The van der Waals surface area contributed by atoms with Gasteiger partial charge in [-0.3, -0.25) is 4.18 Å². The fraction of sp³-hybridized carbons (Fsp3) is 1.00. The molecular weight excluding hydrogens is 204 g/mol. The van der Waals surface area contributed by atoms with E-state index in [2.05, 4.69) is 0 Å². The van der Waals surface area contributed by atoms with E-state index in [9.17, 15) is 8.42 Å². The molecule has 1 rings (SSSR count). The molecule has 0 aliphatic heterocycles. The van der Waals surface area contributed by atoms with Gasteiger partial charge in [-0.05, 0) is 6.92 Å². The van der Waals surface area contributed by atoms with Gasteiger partial charge in [0.1, 0.15) is 0 Å². The first kappa shape index (κ1) is 11.9. The number of hydrogen-bond acceptors (Lipinski definition) is 4. The summed E-state index contributed by atoms with van der Waals surface area (Å²) in [4.78, 5) is 0. The third-order valence-electron chi connectivity index (χ3n) is 2.75. The lowest BCUT2D eigenvalue weighted by molar-refractivity contribution is -0.160. The van der Waals surface area contributed by atoms with Crippen LogP contribution in [0.4, 0.5) is 0 Å². The highest BCUT2D eigenvalue weighted by atomic mass is 32.2. The van der Waals surface area contributed by atoms with Crippen LogP contribution in [-0.4, -0.2) is 33.5 Å². The molecule has 0 heterocycles. The van der Waals surface area contributed by atoms with E-state index in [0.29, 0.717) is 13.0 Å². The van der Waals surface area contributed by atoms with Crippen molar-refractivity contribution in [3.63, 3.8) is 0 Å². The van der Waals surface area contributed by atoms with Crippen LogP contribution in [0.1, 0.15) is 27.2 Å². The molecule has 2 atom stereocenters. The molecule has 0 spiro atoms. The van der Waals surface area contributed by atoms with E-state index in [0.717, 1.165) is 6.26 Å². The van der Waals surface area contributed by atoms with E-state index < -0.39 is 10.1 Å². The minimum atomic E-state index is -3.35. The van der Waals surface area contributed by atoms with Gasteiger partial charge >= 0.3 is 0 Å². The maximum Gasteiger partial charge on any atom is 0.264 e. The molecule has 84 valence electrons. The van der Waals surface area contributed by atoms with Crippen LogP contribution in [0.25, 0.3) is 0 Å². The van der Waals surface area contributed by atoms with Gasteiger partial charge < -0.3 is 4.74 Å². The van der Waals surface area contributed by atoms with Crippen molar-refractivity contribution in [1.29, 1.82) is 0 Å². The monoisotopic (exact) mass is 222 g/mol. The zero-order chi connectivity index (χ0) is 11.0. The van der Waals surface area contributed by atoms with E-state index >= 15 is 0 Å². The Morgan fingerprint density at radius 2 is 1.93 bits per heavy atom. The van der Waals surface area contributed by atoms with Crippen molar-refractivity contribution in [2.24, 2.45) is 5.41 Å². The van der Waals surface area contributed by atoms with E-state index in [-0.39, 0.29) is 17.6 Å². The molecule has 0 amide bonds. The van der Waals surface area contributed by atoms with Gasteiger partial charge in [0, 0.05) is 18.4 Å². The van der Waals surface area contributed by atoms with Gasteiger partial charge in [0.25, 0.3) is 10.1 Å². The summed E-state index contributed by atoms with van der Waals surface area (Å²) in [6.07, 6.45) is 1.61. The highest BCUT2D eigenvalue weighted by molar-refractivity contribution is 7.86. The quantitative estimate of drug-likeness (QED) is 0.670. The summed E-state index contributed by atoms with van der Waals surface area (Å²) in [5, 5.41) is 0. The Morgan fingerprint density at radius 3 is 2.29 bits per heavy atom. The van der Waals surface area contributed by atoms with E-state index in [1.165, 1.54) is 0 Å². The number of rotatable bonds is 4. The number of hydrogen-bond donors (Lipinski definition) is 0. The third-order valence-corrected chi connectivity index (χ3v) is 3.33. The lowest BCUT2D eigenvalue weighted by Gasteiger charge is -2.50. The van der Waals surface area contributed by atoms with E-state index in [4.69, 9.17) is 8.92 Å². The van der Waals surface area contributed by atoms with Crippen molar-refractivity contribution in [1.82, 2.24) is 0 Å². The molecule has 4 nitrogen and oxygen atoms in total. The Hall–Kier alpha value is -0.130. The molecule has 0 saturated heterocycles. The molecule has 0 unspecified atom stereocenters. The minimum Gasteiger partial charge on any atom is -0.378 e. The van der Waals surface area contributed by atoms with Crippen LogP contribution in [0, 0.1) is 5.41 Å². The lowest BCUT2D eigenvalue weighted by atomic mass is 9.66. The standard InChI is InChI=1S/C9H18O4S/c1-5-12-7-6-8(9(7,2)3)13-14(4,10)11/h7-8H,5-6H2,1-4H3/t7-,8-/m0/s1. The van der Waals surface area contributed by atoms with Gasteiger partial charge in [0.2, 0.25) is 0 Å². The molecule has 0 radical (unpaired) electrons. The van der Waals surface area contributed by atoms with Crippen molar-refractivity contribution in [3.8, 4) is 0 Å². The molecule has 1 aliphatic rings. The molecule has 0 aromatic rings. The van der Waals surface area contributed by atoms with E-state index in [1.54, 1.807) is 0 Å². The van der Waals surface area contributed by atoms with Crippen molar-refractivity contribution in [2.75, 3.05) is 12.9 Å². The summed E-state index contributed by atoms with van der Waals surface area (Å²) in [7, 11) is -3.35. The SMILES string of the molecule is CCO[C@H]1C[C@H](OS(C)(=O)=O)C1(C)C. The average molecular weight is 222 g/mol. The molecule has 0 bridgehead atoms. The van der Waals surface area contributed by atoms with Gasteiger partial charge in [-0.15, -0.1) is 0 Å². The summed E-state index contributed by atoms with van der Waals surface area (Å²) in [5.41, 5.74) is -0.209. The Balaban J connectivity index is 2.55. The summed E-state index contributed by atoms with van der Waals surface area (Å²) in [5.74, 6) is 0. The van der Waals surface area contributed by atoms with Crippen LogP contribution in [0.3, 0.4) is 0 Å². The van der Waals surface area contributed by atoms with Crippen molar-refractivity contribution in [3.05, 3.63) is 0 Å². The second-order valence-corrected chi connectivity index (χ2v) is 5.89. The molecule has 5 heteroatoms. The average Bonchev–Trinajstić information content (AvgIpc) is 2.01. The fourth-order valence-electron chi connectivity index (χ4n) is 1.71. The second-order valence-electron chi connectivity index (χ2n) is 4.29. The van der Waals surface area contributed by atoms with Crippen molar-refractivity contribution < 1.29 is 17.3 Å². The smallest absolute Gasteiger partial charge is 0.264 e. The Labute approximate surface area is 85.7 Å². The van der Waals surface area contributed by atoms with Crippen LogP contribution < -0.4 is 0 Å². The maximum atomic E-state index is 10.9. The summed E-state index contributed by atoms with van der Waals surface area (Å²) in [6, 6.07) is 0. The summed E-state index contributed by atoms with van der Waals surface area (Å²) < 4.78 is 32.3. The molecule has 1 aliphatic carbocycles. The zero-order valence-electron chi connectivity index (χ0n) is 9.11. The molecular formula is C9H18O4S.